The van der Waals surface area contributed by atoms with Crippen molar-refractivity contribution < 1.29 is 9.47 Å². The minimum Gasteiger partial charge on any atom is -0.493 e. The van der Waals surface area contributed by atoms with Crippen LogP contribution >= 0.6 is 11.6 Å². The van der Waals surface area contributed by atoms with Crippen LogP contribution in [0, 0.1) is 11.8 Å². The highest BCUT2D eigenvalue weighted by atomic mass is 35.5. The number of halogens is 1. The quantitative estimate of drug-likeness (QED) is 0.881. The van der Waals surface area contributed by atoms with E-state index in [0.29, 0.717) is 22.6 Å². The number of methoxy groups -OCH3 is 2. The summed E-state index contributed by atoms with van der Waals surface area (Å²) < 4.78 is 10.6. The minimum absolute atomic E-state index is 0.593. The predicted octanol–water partition coefficient (Wildman–Crippen LogP) is 4.27. The minimum atomic E-state index is 0.593. The summed E-state index contributed by atoms with van der Waals surface area (Å²) >= 11 is 6.25. The topological polar surface area (TPSA) is 30.5 Å². The van der Waals surface area contributed by atoms with Crippen LogP contribution in [-0.2, 0) is 6.54 Å². The third-order valence-corrected chi connectivity index (χ3v) is 4.55. The van der Waals surface area contributed by atoms with Crippen LogP contribution in [0.2, 0.25) is 5.02 Å². The van der Waals surface area contributed by atoms with Crippen LogP contribution in [0.25, 0.3) is 0 Å². The second-order valence-electron chi connectivity index (χ2n) is 6.31. The van der Waals surface area contributed by atoms with Gasteiger partial charge in [-0.3, -0.25) is 0 Å². The molecule has 1 saturated carbocycles. The summed E-state index contributed by atoms with van der Waals surface area (Å²) in [6, 6.07) is 4.54. The fourth-order valence-electron chi connectivity index (χ4n) is 3.45. The Morgan fingerprint density at radius 1 is 1.10 bits per heavy atom. The van der Waals surface area contributed by atoms with E-state index in [1.165, 1.54) is 19.3 Å². The first kappa shape index (κ1) is 16.4. The van der Waals surface area contributed by atoms with Gasteiger partial charge in [-0.1, -0.05) is 25.4 Å². The molecular weight excluding hydrogens is 286 g/mol. The molecular formula is C17H26ClNO2. The zero-order chi connectivity index (χ0) is 15.4. The van der Waals surface area contributed by atoms with Crippen molar-refractivity contribution in [2.24, 2.45) is 11.8 Å². The Kier molecular flexibility index (Phi) is 5.77. The third-order valence-electron chi connectivity index (χ3n) is 4.27. The predicted molar refractivity (Wildman–Crippen MR) is 87.4 cm³/mol. The zero-order valence-electron chi connectivity index (χ0n) is 13.4. The molecule has 1 aliphatic carbocycles. The maximum atomic E-state index is 6.25. The van der Waals surface area contributed by atoms with Crippen LogP contribution < -0.4 is 14.8 Å². The summed E-state index contributed by atoms with van der Waals surface area (Å²) in [4.78, 5) is 0. The molecule has 0 radical (unpaired) electrons. The lowest BCUT2D eigenvalue weighted by Crippen LogP contribution is -2.35. The van der Waals surface area contributed by atoms with Gasteiger partial charge in [0.2, 0.25) is 0 Å². The standard InChI is InChI=1S/C17H26ClNO2/c1-11-5-12(2)7-14(6-11)19-10-13-8-15(18)17(21-4)16(9-13)20-3/h8-9,11-12,14,19H,5-7,10H2,1-4H3. The Labute approximate surface area is 133 Å². The van der Waals surface area contributed by atoms with Gasteiger partial charge in [0.05, 0.1) is 19.2 Å². The second-order valence-corrected chi connectivity index (χ2v) is 6.72. The molecule has 1 aliphatic rings. The van der Waals surface area contributed by atoms with Crippen molar-refractivity contribution in [3.8, 4) is 11.5 Å². The number of hydrogen-bond donors (Lipinski definition) is 1. The molecule has 1 aromatic rings. The molecule has 21 heavy (non-hydrogen) atoms. The molecule has 2 atom stereocenters. The SMILES string of the molecule is COc1cc(CNC2CC(C)CC(C)C2)cc(Cl)c1OC. The number of nitrogens with one attached hydrogen (secondary N) is 1. The number of rotatable bonds is 5. The molecule has 0 spiro atoms. The van der Waals surface area contributed by atoms with E-state index in [1.807, 2.05) is 12.1 Å². The fraction of sp³-hybridized carbons (Fsp3) is 0.647. The summed E-state index contributed by atoms with van der Waals surface area (Å²) in [5.74, 6) is 2.90. The Morgan fingerprint density at radius 3 is 2.33 bits per heavy atom. The lowest BCUT2D eigenvalue weighted by atomic mass is 9.80. The molecule has 3 nitrogen and oxygen atoms in total. The van der Waals surface area contributed by atoms with E-state index in [9.17, 15) is 0 Å². The van der Waals surface area contributed by atoms with Gasteiger partial charge in [-0.05, 0) is 48.8 Å². The van der Waals surface area contributed by atoms with Crippen molar-refractivity contribution in [3.05, 3.63) is 22.7 Å². The highest BCUT2D eigenvalue weighted by Gasteiger charge is 2.23. The van der Waals surface area contributed by atoms with Crippen LogP contribution in [0.3, 0.4) is 0 Å². The van der Waals surface area contributed by atoms with E-state index in [4.69, 9.17) is 21.1 Å². The zero-order valence-corrected chi connectivity index (χ0v) is 14.2. The van der Waals surface area contributed by atoms with Gasteiger partial charge in [0.15, 0.2) is 11.5 Å². The Balaban J connectivity index is 2.01. The van der Waals surface area contributed by atoms with E-state index in [0.717, 1.165) is 23.9 Å². The summed E-state index contributed by atoms with van der Waals surface area (Å²) in [5.41, 5.74) is 1.13. The van der Waals surface area contributed by atoms with Gasteiger partial charge in [-0.15, -0.1) is 0 Å². The normalized spacial score (nSPS) is 25.7. The Morgan fingerprint density at radius 2 is 1.76 bits per heavy atom. The third kappa shape index (κ3) is 4.27. The van der Waals surface area contributed by atoms with E-state index >= 15 is 0 Å². The van der Waals surface area contributed by atoms with Gasteiger partial charge in [0.25, 0.3) is 0 Å². The molecule has 0 saturated heterocycles. The molecule has 4 heteroatoms. The number of hydrogen-bond acceptors (Lipinski definition) is 3. The smallest absolute Gasteiger partial charge is 0.179 e. The highest BCUT2D eigenvalue weighted by Crippen LogP contribution is 2.36. The van der Waals surface area contributed by atoms with Gasteiger partial charge in [-0.2, -0.15) is 0 Å². The van der Waals surface area contributed by atoms with Crippen molar-refractivity contribution in [3.63, 3.8) is 0 Å². The first-order chi connectivity index (χ1) is 10.0. The lowest BCUT2D eigenvalue weighted by molar-refractivity contribution is 0.238. The van der Waals surface area contributed by atoms with Gasteiger partial charge in [-0.25, -0.2) is 0 Å². The lowest BCUT2D eigenvalue weighted by Gasteiger charge is -2.32. The molecule has 118 valence electrons. The average Bonchev–Trinajstić information content (AvgIpc) is 2.43. The van der Waals surface area contributed by atoms with E-state index in [-0.39, 0.29) is 0 Å². The summed E-state index contributed by atoms with van der Waals surface area (Å²) in [7, 11) is 3.24. The molecule has 2 unspecified atom stereocenters. The number of benzene rings is 1. The van der Waals surface area contributed by atoms with Crippen molar-refractivity contribution in [1.82, 2.24) is 5.32 Å². The average molecular weight is 312 g/mol. The summed E-state index contributed by atoms with van der Waals surface area (Å²) in [5, 5.41) is 4.26. The first-order valence-corrected chi connectivity index (χ1v) is 8.05. The second kappa shape index (κ2) is 7.37. The maximum Gasteiger partial charge on any atom is 0.179 e. The molecule has 1 fully saturated rings. The van der Waals surface area contributed by atoms with E-state index in [1.54, 1.807) is 14.2 Å². The Hall–Kier alpha value is -0.930. The molecule has 1 aromatic carbocycles. The summed E-state index contributed by atoms with van der Waals surface area (Å²) in [6.07, 6.45) is 3.86. The van der Waals surface area contributed by atoms with Crippen LogP contribution in [-0.4, -0.2) is 20.3 Å². The molecule has 0 amide bonds. The molecule has 2 rings (SSSR count). The van der Waals surface area contributed by atoms with Crippen molar-refractivity contribution in [2.45, 2.75) is 45.7 Å². The number of ether oxygens (including phenoxy) is 2. The molecule has 1 N–H and O–H groups in total. The van der Waals surface area contributed by atoms with Crippen molar-refractivity contribution >= 4 is 11.6 Å². The first-order valence-electron chi connectivity index (χ1n) is 7.67. The maximum absolute atomic E-state index is 6.25. The summed E-state index contributed by atoms with van der Waals surface area (Å²) in [6.45, 7) is 5.50. The highest BCUT2D eigenvalue weighted by molar-refractivity contribution is 6.32. The van der Waals surface area contributed by atoms with Crippen molar-refractivity contribution in [1.29, 1.82) is 0 Å². The van der Waals surface area contributed by atoms with Crippen LogP contribution in [0.1, 0.15) is 38.7 Å². The molecule has 0 bridgehead atoms. The van der Waals surface area contributed by atoms with E-state index in [2.05, 4.69) is 19.2 Å². The van der Waals surface area contributed by atoms with Crippen LogP contribution in [0.5, 0.6) is 11.5 Å². The fourth-order valence-corrected chi connectivity index (χ4v) is 3.76. The monoisotopic (exact) mass is 311 g/mol. The molecule has 0 heterocycles. The van der Waals surface area contributed by atoms with Gasteiger partial charge in [0.1, 0.15) is 0 Å². The van der Waals surface area contributed by atoms with Gasteiger partial charge in [0, 0.05) is 12.6 Å². The molecule has 0 aromatic heterocycles. The van der Waals surface area contributed by atoms with E-state index < -0.39 is 0 Å². The van der Waals surface area contributed by atoms with Gasteiger partial charge < -0.3 is 14.8 Å². The van der Waals surface area contributed by atoms with Gasteiger partial charge >= 0.3 is 0 Å². The largest absolute Gasteiger partial charge is 0.493 e. The molecule has 0 aliphatic heterocycles. The van der Waals surface area contributed by atoms with Crippen LogP contribution in [0.15, 0.2) is 12.1 Å². The van der Waals surface area contributed by atoms with Crippen molar-refractivity contribution in [2.75, 3.05) is 14.2 Å². The van der Waals surface area contributed by atoms with Crippen LogP contribution in [0.4, 0.5) is 0 Å². The Bertz CT molecular complexity index is 468.